The zero-order valence-corrected chi connectivity index (χ0v) is 9.60. The molecule has 90 valence electrons. The molecule has 0 atom stereocenters. The summed E-state index contributed by atoms with van der Waals surface area (Å²) in [5, 5.41) is 2.50. The van der Waals surface area contributed by atoms with Gasteiger partial charge in [0.25, 0.3) is 6.43 Å². The van der Waals surface area contributed by atoms with Crippen LogP contribution >= 0.6 is 0 Å². The Kier molecular flexibility index (Phi) is 4.23. The fourth-order valence-corrected chi connectivity index (χ4v) is 2.03. The van der Waals surface area contributed by atoms with Crippen molar-refractivity contribution < 1.29 is 17.2 Å². The van der Waals surface area contributed by atoms with E-state index in [-0.39, 0.29) is 10.6 Å². The van der Waals surface area contributed by atoms with Gasteiger partial charge in [-0.05, 0) is 24.3 Å². The normalized spacial score (nSPS) is 11.8. The van der Waals surface area contributed by atoms with E-state index in [1.54, 1.807) is 6.92 Å². The third-order valence-electron chi connectivity index (χ3n) is 2.05. The van der Waals surface area contributed by atoms with Crippen LogP contribution in [-0.2, 0) is 9.84 Å². The van der Waals surface area contributed by atoms with E-state index in [0.717, 1.165) is 0 Å². The molecule has 0 spiro atoms. The van der Waals surface area contributed by atoms with Crippen molar-refractivity contribution in [3.05, 3.63) is 24.3 Å². The number of hydrogen-bond acceptors (Lipinski definition) is 3. The fraction of sp³-hybridized carbons (Fsp3) is 0.400. The van der Waals surface area contributed by atoms with Gasteiger partial charge in [0.15, 0.2) is 9.84 Å². The summed E-state index contributed by atoms with van der Waals surface area (Å²) in [6.45, 7) is 1.11. The first kappa shape index (κ1) is 12.9. The fourth-order valence-electron chi connectivity index (χ4n) is 1.14. The molecule has 0 heterocycles. The number of sulfone groups is 1. The maximum atomic E-state index is 11.9. The predicted octanol–water partition coefficient (Wildman–Crippen LogP) is 2.16. The van der Waals surface area contributed by atoms with Crippen molar-refractivity contribution in [2.24, 2.45) is 0 Å². The number of benzene rings is 1. The summed E-state index contributed by atoms with van der Waals surface area (Å²) in [4.78, 5) is 0.206. The molecular weight excluding hydrogens is 236 g/mol. The number of rotatable bonds is 5. The summed E-state index contributed by atoms with van der Waals surface area (Å²) >= 11 is 0. The Morgan fingerprint density at radius 2 is 1.81 bits per heavy atom. The Morgan fingerprint density at radius 3 is 2.25 bits per heavy atom. The van der Waals surface area contributed by atoms with Crippen LogP contribution in [0.5, 0.6) is 0 Å². The standard InChI is InChI=1S/C10H13F2NO2S/c1-2-16(14,15)9-5-3-8(4-6-9)13-7-10(11)12/h3-6,10,13H,2,7H2,1H3. The number of nitrogens with one attached hydrogen (secondary N) is 1. The van der Waals surface area contributed by atoms with Crippen LogP contribution in [0, 0.1) is 0 Å². The average Bonchev–Trinajstić information content (AvgIpc) is 2.27. The van der Waals surface area contributed by atoms with Gasteiger partial charge in [-0.2, -0.15) is 0 Å². The zero-order chi connectivity index (χ0) is 12.2. The summed E-state index contributed by atoms with van der Waals surface area (Å²) in [6.07, 6.45) is -2.43. The molecule has 1 rings (SSSR count). The van der Waals surface area contributed by atoms with Crippen molar-refractivity contribution in [2.75, 3.05) is 17.6 Å². The van der Waals surface area contributed by atoms with E-state index in [1.165, 1.54) is 24.3 Å². The van der Waals surface area contributed by atoms with E-state index in [9.17, 15) is 17.2 Å². The van der Waals surface area contributed by atoms with Gasteiger partial charge in [-0.3, -0.25) is 0 Å². The predicted molar refractivity (Wildman–Crippen MR) is 58.7 cm³/mol. The quantitative estimate of drug-likeness (QED) is 0.869. The number of hydrogen-bond donors (Lipinski definition) is 1. The van der Waals surface area contributed by atoms with Crippen molar-refractivity contribution >= 4 is 15.5 Å². The lowest BCUT2D eigenvalue weighted by atomic mass is 10.3. The molecule has 0 aliphatic carbocycles. The minimum Gasteiger partial charge on any atom is -0.379 e. The summed E-state index contributed by atoms with van der Waals surface area (Å²) in [5.74, 6) is 0.0246. The van der Waals surface area contributed by atoms with E-state index < -0.39 is 22.8 Å². The maximum absolute atomic E-state index is 11.9. The molecule has 0 saturated carbocycles. The van der Waals surface area contributed by atoms with Gasteiger partial charge in [-0.1, -0.05) is 6.92 Å². The Morgan fingerprint density at radius 1 is 1.25 bits per heavy atom. The summed E-state index contributed by atoms with van der Waals surface area (Å²) in [6, 6.07) is 5.77. The maximum Gasteiger partial charge on any atom is 0.255 e. The first-order valence-electron chi connectivity index (χ1n) is 4.80. The molecule has 0 radical (unpaired) electrons. The molecule has 0 aromatic heterocycles. The highest BCUT2D eigenvalue weighted by molar-refractivity contribution is 7.91. The molecule has 0 saturated heterocycles. The SMILES string of the molecule is CCS(=O)(=O)c1ccc(NCC(F)F)cc1. The highest BCUT2D eigenvalue weighted by Crippen LogP contribution is 2.15. The van der Waals surface area contributed by atoms with E-state index >= 15 is 0 Å². The summed E-state index contributed by atoms with van der Waals surface area (Å²) in [7, 11) is -3.22. The van der Waals surface area contributed by atoms with Crippen molar-refractivity contribution in [3.63, 3.8) is 0 Å². The van der Waals surface area contributed by atoms with Gasteiger partial charge < -0.3 is 5.32 Å². The van der Waals surface area contributed by atoms with Crippen LogP contribution in [-0.4, -0.2) is 27.1 Å². The third-order valence-corrected chi connectivity index (χ3v) is 3.80. The topological polar surface area (TPSA) is 46.2 Å². The van der Waals surface area contributed by atoms with E-state index in [4.69, 9.17) is 0 Å². The van der Waals surface area contributed by atoms with Crippen LogP contribution < -0.4 is 5.32 Å². The molecule has 0 bridgehead atoms. The molecule has 0 amide bonds. The largest absolute Gasteiger partial charge is 0.379 e. The summed E-state index contributed by atoms with van der Waals surface area (Å²) < 4.78 is 46.6. The number of alkyl halides is 2. The van der Waals surface area contributed by atoms with Crippen molar-refractivity contribution in [1.29, 1.82) is 0 Å². The van der Waals surface area contributed by atoms with Gasteiger partial charge in [0.2, 0.25) is 0 Å². The molecule has 6 heteroatoms. The molecule has 3 nitrogen and oxygen atoms in total. The smallest absolute Gasteiger partial charge is 0.255 e. The van der Waals surface area contributed by atoms with Crippen LogP contribution in [0.3, 0.4) is 0 Å². The second kappa shape index (κ2) is 5.25. The Labute approximate surface area is 93.4 Å². The Hall–Kier alpha value is -1.17. The second-order valence-electron chi connectivity index (χ2n) is 3.20. The molecule has 1 N–H and O–H groups in total. The highest BCUT2D eigenvalue weighted by atomic mass is 32.2. The van der Waals surface area contributed by atoms with Crippen molar-refractivity contribution in [2.45, 2.75) is 18.2 Å². The number of halogens is 2. The van der Waals surface area contributed by atoms with Crippen molar-refractivity contribution in [3.8, 4) is 0 Å². The minimum atomic E-state index is -3.22. The monoisotopic (exact) mass is 249 g/mol. The van der Waals surface area contributed by atoms with Crippen LogP contribution in [0.2, 0.25) is 0 Å². The molecule has 0 unspecified atom stereocenters. The molecule has 0 aliphatic rings. The van der Waals surface area contributed by atoms with Crippen LogP contribution in [0.15, 0.2) is 29.2 Å². The van der Waals surface area contributed by atoms with Crippen LogP contribution in [0.25, 0.3) is 0 Å². The first-order chi connectivity index (χ1) is 7.45. The molecule has 1 aromatic rings. The Bertz CT molecular complexity index is 429. The number of anilines is 1. The van der Waals surface area contributed by atoms with E-state index in [0.29, 0.717) is 5.69 Å². The molecule has 16 heavy (non-hydrogen) atoms. The minimum absolute atomic E-state index is 0.0246. The third kappa shape index (κ3) is 3.44. The van der Waals surface area contributed by atoms with E-state index in [2.05, 4.69) is 5.32 Å². The van der Waals surface area contributed by atoms with Gasteiger partial charge in [0.1, 0.15) is 0 Å². The lowest BCUT2D eigenvalue weighted by molar-refractivity contribution is 0.163. The average molecular weight is 249 g/mol. The van der Waals surface area contributed by atoms with Crippen LogP contribution in [0.4, 0.5) is 14.5 Å². The van der Waals surface area contributed by atoms with Gasteiger partial charge >= 0.3 is 0 Å². The van der Waals surface area contributed by atoms with Crippen molar-refractivity contribution in [1.82, 2.24) is 0 Å². The first-order valence-corrected chi connectivity index (χ1v) is 6.46. The molecule has 1 aromatic carbocycles. The highest BCUT2D eigenvalue weighted by Gasteiger charge is 2.10. The van der Waals surface area contributed by atoms with Gasteiger partial charge in [0, 0.05) is 5.69 Å². The molecular formula is C10H13F2NO2S. The second-order valence-corrected chi connectivity index (χ2v) is 5.48. The van der Waals surface area contributed by atoms with Crippen LogP contribution in [0.1, 0.15) is 6.92 Å². The lowest BCUT2D eigenvalue weighted by Crippen LogP contribution is -2.10. The van der Waals surface area contributed by atoms with Gasteiger partial charge in [-0.15, -0.1) is 0 Å². The van der Waals surface area contributed by atoms with E-state index in [1.807, 2.05) is 0 Å². The lowest BCUT2D eigenvalue weighted by Gasteiger charge is -2.06. The molecule has 0 fully saturated rings. The Balaban J connectivity index is 2.76. The molecule has 0 aliphatic heterocycles. The van der Waals surface area contributed by atoms with Gasteiger partial charge in [-0.25, -0.2) is 17.2 Å². The van der Waals surface area contributed by atoms with Gasteiger partial charge in [0.05, 0.1) is 17.2 Å². The summed E-state index contributed by atoms with van der Waals surface area (Å²) in [5.41, 5.74) is 0.482. The zero-order valence-electron chi connectivity index (χ0n) is 8.78.